The molecule has 9 nitrogen and oxygen atoms in total. The van der Waals surface area contributed by atoms with E-state index in [-0.39, 0.29) is 18.0 Å². The number of aliphatic hydroxyl groups is 1. The van der Waals surface area contributed by atoms with Crippen LogP contribution in [0.25, 0.3) is 16.6 Å². The number of carbonyl (C=O) groups is 3. The van der Waals surface area contributed by atoms with Crippen LogP contribution >= 0.6 is 0 Å². The number of nitrogens with two attached hydrogens (primary N) is 1. The van der Waals surface area contributed by atoms with Gasteiger partial charge in [-0.25, -0.2) is 4.68 Å². The molecule has 1 saturated heterocycles. The maximum atomic E-state index is 12.4. The van der Waals surface area contributed by atoms with Crippen molar-refractivity contribution in [2.75, 3.05) is 27.7 Å². The van der Waals surface area contributed by atoms with Gasteiger partial charge < -0.3 is 20.6 Å². The SMILES string of the molecule is CN(C)C(=O)c1ccc2c(c1)c(C(N)=O)nn2-c1cccc(C#C[C@]2(O)CCN(C)C2=O)c1. The van der Waals surface area contributed by atoms with Gasteiger partial charge >= 0.3 is 0 Å². The van der Waals surface area contributed by atoms with Crippen LogP contribution in [0.2, 0.25) is 0 Å². The number of rotatable bonds is 3. The van der Waals surface area contributed by atoms with Gasteiger partial charge in [-0.05, 0) is 36.4 Å². The van der Waals surface area contributed by atoms with E-state index in [0.717, 1.165) is 0 Å². The Bertz CT molecular complexity index is 1360. The van der Waals surface area contributed by atoms with Gasteiger partial charge in [0.25, 0.3) is 17.7 Å². The Labute approximate surface area is 190 Å². The highest BCUT2D eigenvalue weighted by atomic mass is 16.3. The molecule has 0 saturated carbocycles. The molecule has 3 amide bonds. The Hall–Kier alpha value is -4.16. The third-order valence-electron chi connectivity index (χ3n) is 5.58. The van der Waals surface area contributed by atoms with E-state index < -0.39 is 17.4 Å². The number of benzene rings is 2. The highest BCUT2D eigenvalue weighted by Crippen LogP contribution is 2.25. The van der Waals surface area contributed by atoms with E-state index in [2.05, 4.69) is 16.9 Å². The molecule has 3 aromatic rings. The van der Waals surface area contributed by atoms with Crippen molar-refractivity contribution in [1.29, 1.82) is 0 Å². The van der Waals surface area contributed by atoms with Crippen LogP contribution in [-0.2, 0) is 4.79 Å². The van der Waals surface area contributed by atoms with Crippen LogP contribution < -0.4 is 5.73 Å². The second-order valence-corrected chi connectivity index (χ2v) is 8.19. The summed E-state index contributed by atoms with van der Waals surface area (Å²) < 4.78 is 1.55. The highest BCUT2D eigenvalue weighted by molar-refractivity contribution is 6.07. The van der Waals surface area contributed by atoms with Gasteiger partial charge in [0.1, 0.15) is 0 Å². The van der Waals surface area contributed by atoms with E-state index in [1.165, 1.54) is 9.80 Å². The van der Waals surface area contributed by atoms with Crippen molar-refractivity contribution in [2.24, 2.45) is 5.73 Å². The van der Waals surface area contributed by atoms with Gasteiger partial charge in [0.15, 0.2) is 5.69 Å². The van der Waals surface area contributed by atoms with Crippen molar-refractivity contribution in [3.05, 3.63) is 59.3 Å². The van der Waals surface area contributed by atoms with Gasteiger partial charge in [-0.3, -0.25) is 14.4 Å². The van der Waals surface area contributed by atoms with Crippen molar-refractivity contribution >= 4 is 28.6 Å². The lowest BCUT2D eigenvalue weighted by Gasteiger charge is -2.13. The summed E-state index contributed by atoms with van der Waals surface area (Å²) in [5.41, 5.74) is 6.07. The van der Waals surface area contributed by atoms with Crippen LogP contribution in [0.5, 0.6) is 0 Å². The molecule has 2 aromatic carbocycles. The number of nitrogens with zero attached hydrogens (tertiary/aromatic N) is 4. The Balaban J connectivity index is 1.78. The smallest absolute Gasteiger partial charge is 0.269 e. The van der Waals surface area contributed by atoms with Gasteiger partial charge in [0, 0.05) is 50.6 Å². The Morgan fingerprint density at radius 1 is 1.21 bits per heavy atom. The van der Waals surface area contributed by atoms with Crippen LogP contribution in [-0.4, -0.2) is 75.7 Å². The molecular formula is C24H23N5O4. The van der Waals surface area contributed by atoms with Gasteiger partial charge in [-0.2, -0.15) is 5.10 Å². The summed E-state index contributed by atoms with van der Waals surface area (Å²) in [6.45, 7) is 0.442. The first kappa shape index (κ1) is 22.0. The number of hydrogen-bond acceptors (Lipinski definition) is 5. The second kappa shape index (κ2) is 8.07. The Kier molecular flexibility index (Phi) is 5.39. The van der Waals surface area contributed by atoms with E-state index in [1.807, 2.05) is 0 Å². The van der Waals surface area contributed by atoms with E-state index in [1.54, 1.807) is 68.3 Å². The topological polar surface area (TPSA) is 122 Å². The number of aromatic nitrogens is 2. The molecule has 0 unspecified atom stereocenters. The largest absolute Gasteiger partial charge is 0.369 e. The molecule has 0 radical (unpaired) electrons. The van der Waals surface area contributed by atoms with Crippen molar-refractivity contribution in [2.45, 2.75) is 12.0 Å². The molecule has 0 bridgehead atoms. The zero-order valence-electron chi connectivity index (χ0n) is 18.5. The first-order chi connectivity index (χ1) is 15.6. The number of primary amides is 1. The molecular weight excluding hydrogens is 422 g/mol. The lowest BCUT2D eigenvalue weighted by molar-refractivity contribution is -0.137. The monoisotopic (exact) mass is 445 g/mol. The minimum Gasteiger partial charge on any atom is -0.369 e. The molecule has 2 heterocycles. The maximum Gasteiger partial charge on any atom is 0.269 e. The molecule has 9 heteroatoms. The van der Waals surface area contributed by atoms with Gasteiger partial charge in [-0.1, -0.05) is 17.9 Å². The highest BCUT2D eigenvalue weighted by Gasteiger charge is 2.42. The zero-order chi connectivity index (χ0) is 23.9. The summed E-state index contributed by atoms with van der Waals surface area (Å²) in [6.07, 6.45) is 0.245. The van der Waals surface area contributed by atoms with Gasteiger partial charge in [-0.15, -0.1) is 0 Å². The predicted molar refractivity (Wildman–Crippen MR) is 122 cm³/mol. The molecule has 0 spiro atoms. The van der Waals surface area contributed by atoms with Gasteiger partial charge in [0.2, 0.25) is 5.60 Å². The first-order valence-corrected chi connectivity index (χ1v) is 10.3. The lowest BCUT2D eigenvalue weighted by atomic mass is 10.0. The third-order valence-corrected chi connectivity index (χ3v) is 5.58. The summed E-state index contributed by atoms with van der Waals surface area (Å²) in [5, 5.41) is 15.4. The van der Waals surface area contributed by atoms with Crippen LogP contribution in [0.4, 0.5) is 0 Å². The van der Waals surface area contributed by atoms with Crippen molar-refractivity contribution in [3.8, 4) is 17.5 Å². The molecule has 4 rings (SSSR count). The van der Waals surface area contributed by atoms with Crippen LogP contribution in [0.3, 0.4) is 0 Å². The molecule has 33 heavy (non-hydrogen) atoms. The number of hydrogen-bond donors (Lipinski definition) is 2. The predicted octanol–water partition coefficient (Wildman–Crippen LogP) is 0.771. The molecule has 1 aliphatic rings. The number of likely N-dealkylation sites (N-methyl/N-ethyl adjacent to an activating group) is 1. The van der Waals surface area contributed by atoms with Crippen LogP contribution in [0.1, 0.15) is 32.8 Å². The standard InChI is InChI=1S/C24H23N5O4/c1-27(2)22(31)16-7-8-19-18(14-16)20(21(25)30)26-29(19)17-6-4-5-15(13-17)9-10-24(33)11-12-28(3)23(24)32/h4-8,13-14,33H,11-12H2,1-3H3,(H2,25,30)/t24-/m0/s1. The van der Waals surface area contributed by atoms with Crippen molar-refractivity contribution < 1.29 is 19.5 Å². The third kappa shape index (κ3) is 3.92. The maximum absolute atomic E-state index is 12.4. The fourth-order valence-electron chi connectivity index (χ4n) is 3.75. The van der Waals surface area contributed by atoms with Gasteiger partial charge in [0.05, 0.1) is 11.2 Å². The summed E-state index contributed by atoms with van der Waals surface area (Å²) >= 11 is 0. The molecule has 168 valence electrons. The first-order valence-electron chi connectivity index (χ1n) is 10.3. The average Bonchev–Trinajstić information content (AvgIpc) is 3.30. The summed E-state index contributed by atoms with van der Waals surface area (Å²) in [7, 11) is 4.91. The summed E-state index contributed by atoms with van der Waals surface area (Å²) in [5.74, 6) is 4.23. The van der Waals surface area contributed by atoms with E-state index in [9.17, 15) is 19.5 Å². The number of amides is 3. The number of fused-ring (bicyclic) bond motifs is 1. The van der Waals surface area contributed by atoms with Crippen LogP contribution in [0, 0.1) is 11.8 Å². The molecule has 1 atom stereocenters. The summed E-state index contributed by atoms with van der Waals surface area (Å²) in [4.78, 5) is 39.5. The van der Waals surface area contributed by atoms with E-state index >= 15 is 0 Å². The Morgan fingerprint density at radius 3 is 2.61 bits per heavy atom. The summed E-state index contributed by atoms with van der Waals surface area (Å²) in [6, 6.07) is 12.0. The number of likely N-dealkylation sites (tertiary alicyclic amines) is 1. The normalized spacial score (nSPS) is 17.7. The van der Waals surface area contributed by atoms with E-state index in [4.69, 9.17) is 5.73 Å². The molecule has 3 N–H and O–H groups in total. The second-order valence-electron chi connectivity index (χ2n) is 8.19. The quantitative estimate of drug-likeness (QED) is 0.577. The van der Waals surface area contributed by atoms with E-state index in [0.29, 0.717) is 34.3 Å². The Morgan fingerprint density at radius 2 is 1.97 bits per heavy atom. The van der Waals surface area contributed by atoms with Crippen LogP contribution in [0.15, 0.2) is 42.5 Å². The average molecular weight is 445 g/mol. The molecule has 0 aliphatic carbocycles. The lowest BCUT2D eigenvalue weighted by Crippen LogP contribution is -2.37. The van der Waals surface area contributed by atoms with Crippen molar-refractivity contribution in [3.63, 3.8) is 0 Å². The van der Waals surface area contributed by atoms with Crippen molar-refractivity contribution in [1.82, 2.24) is 19.6 Å². The number of carbonyl (C=O) groups excluding carboxylic acids is 3. The molecule has 1 aliphatic heterocycles. The molecule has 1 fully saturated rings. The minimum atomic E-state index is -1.70. The zero-order valence-corrected chi connectivity index (χ0v) is 18.5. The fourth-order valence-corrected chi connectivity index (χ4v) is 3.75. The molecule has 1 aromatic heterocycles. The minimum absolute atomic E-state index is 0.0452. The fraction of sp³-hybridized carbons (Fsp3) is 0.250.